The van der Waals surface area contributed by atoms with Crippen LogP contribution in [0.1, 0.15) is 46.5 Å². The van der Waals surface area contributed by atoms with E-state index in [0.29, 0.717) is 17.9 Å². The van der Waals surface area contributed by atoms with Gasteiger partial charge < -0.3 is 10.6 Å². The summed E-state index contributed by atoms with van der Waals surface area (Å²) in [5.41, 5.74) is 0. The van der Waals surface area contributed by atoms with Crippen LogP contribution in [-0.2, 0) is 4.79 Å². The van der Waals surface area contributed by atoms with Gasteiger partial charge in [-0.05, 0) is 64.1 Å². The minimum Gasteiger partial charge on any atom is -0.352 e. The summed E-state index contributed by atoms with van der Waals surface area (Å²) < 4.78 is 0. The quantitative estimate of drug-likeness (QED) is 0.745. The van der Waals surface area contributed by atoms with Gasteiger partial charge in [-0.1, -0.05) is 13.8 Å². The molecule has 116 valence electrons. The van der Waals surface area contributed by atoms with E-state index < -0.39 is 0 Å². The summed E-state index contributed by atoms with van der Waals surface area (Å²) in [7, 11) is 0. The Morgan fingerprint density at radius 3 is 2.65 bits per heavy atom. The van der Waals surface area contributed by atoms with E-state index in [1.807, 2.05) is 0 Å². The first-order valence-electron chi connectivity index (χ1n) is 8.31. The Morgan fingerprint density at radius 1 is 1.25 bits per heavy atom. The number of hydrogen-bond acceptors (Lipinski definition) is 3. The lowest BCUT2D eigenvalue weighted by Gasteiger charge is -2.36. The second-order valence-electron chi connectivity index (χ2n) is 7.01. The number of nitrogens with one attached hydrogen (secondary N) is 2. The summed E-state index contributed by atoms with van der Waals surface area (Å²) in [5.74, 6) is 1.62. The molecule has 1 aliphatic heterocycles. The van der Waals surface area contributed by atoms with Crippen LogP contribution in [-0.4, -0.2) is 49.1 Å². The summed E-state index contributed by atoms with van der Waals surface area (Å²) in [5, 5.41) is 6.69. The molecular formula is C16H31N3O. The number of likely N-dealkylation sites (tertiary alicyclic amines) is 1. The van der Waals surface area contributed by atoms with E-state index in [9.17, 15) is 4.79 Å². The number of nitrogens with zero attached hydrogens (tertiary/aromatic N) is 1. The molecule has 0 aromatic heterocycles. The highest BCUT2D eigenvalue weighted by Gasteiger charge is 2.30. The third-order valence-electron chi connectivity index (χ3n) is 4.39. The maximum atomic E-state index is 12.1. The predicted octanol–water partition coefficient (Wildman–Crippen LogP) is 1.61. The van der Waals surface area contributed by atoms with E-state index in [1.54, 1.807) is 0 Å². The molecule has 2 aliphatic rings. The van der Waals surface area contributed by atoms with Crippen molar-refractivity contribution >= 4 is 5.91 Å². The van der Waals surface area contributed by atoms with Gasteiger partial charge in [0.15, 0.2) is 0 Å². The van der Waals surface area contributed by atoms with Crippen molar-refractivity contribution in [3.05, 3.63) is 0 Å². The van der Waals surface area contributed by atoms with Crippen LogP contribution < -0.4 is 10.6 Å². The number of carbonyl (C=O) groups is 1. The third-order valence-corrected chi connectivity index (χ3v) is 4.39. The largest absolute Gasteiger partial charge is 0.352 e. The highest BCUT2D eigenvalue weighted by atomic mass is 16.2. The van der Waals surface area contributed by atoms with Gasteiger partial charge in [0, 0.05) is 12.6 Å². The van der Waals surface area contributed by atoms with Crippen LogP contribution in [0.2, 0.25) is 0 Å². The fourth-order valence-electron chi connectivity index (χ4n) is 2.91. The highest BCUT2D eigenvalue weighted by Crippen LogP contribution is 2.21. The van der Waals surface area contributed by atoms with Gasteiger partial charge in [0.05, 0.1) is 6.04 Å². The molecular weight excluding hydrogens is 250 g/mol. The Morgan fingerprint density at radius 2 is 2.00 bits per heavy atom. The van der Waals surface area contributed by atoms with Gasteiger partial charge in [-0.25, -0.2) is 0 Å². The zero-order valence-electron chi connectivity index (χ0n) is 13.3. The van der Waals surface area contributed by atoms with Crippen molar-refractivity contribution in [2.24, 2.45) is 11.8 Å². The van der Waals surface area contributed by atoms with Gasteiger partial charge >= 0.3 is 0 Å². The third kappa shape index (κ3) is 5.06. The van der Waals surface area contributed by atoms with Crippen LogP contribution in [0.5, 0.6) is 0 Å². The molecule has 1 aliphatic carbocycles. The fraction of sp³-hybridized carbons (Fsp3) is 0.938. The standard InChI is InChI=1S/C16H31N3O/c1-12(2)9-17-10-14-5-4-8-19(11-14)13(3)16(20)18-15-6-7-15/h12-15,17H,4-11H2,1-3H3,(H,18,20). The Bertz CT molecular complexity index is 315. The van der Waals surface area contributed by atoms with E-state index in [4.69, 9.17) is 0 Å². The van der Waals surface area contributed by atoms with Crippen LogP contribution in [0.4, 0.5) is 0 Å². The van der Waals surface area contributed by atoms with E-state index in [-0.39, 0.29) is 11.9 Å². The average molecular weight is 281 g/mol. The molecule has 20 heavy (non-hydrogen) atoms. The maximum Gasteiger partial charge on any atom is 0.237 e. The number of amides is 1. The normalized spacial score (nSPS) is 25.7. The summed E-state index contributed by atoms with van der Waals surface area (Å²) >= 11 is 0. The highest BCUT2D eigenvalue weighted by molar-refractivity contribution is 5.81. The van der Waals surface area contributed by atoms with E-state index in [1.165, 1.54) is 25.7 Å². The summed E-state index contributed by atoms with van der Waals surface area (Å²) in [6, 6.07) is 0.502. The molecule has 2 fully saturated rings. The van der Waals surface area contributed by atoms with E-state index >= 15 is 0 Å². The molecule has 2 unspecified atom stereocenters. The van der Waals surface area contributed by atoms with Gasteiger partial charge in [0.25, 0.3) is 0 Å². The first-order valence-corrected chi connectivity index (χ1v) is 8.31. The number of hydrogen-bond donors (Lipinski definition) is 2. The van der Waals surface area contributed by atoms with E-state index in [2.05, 4.69) is 36.3 Å². The van der Waals surface area contributed by atoms with Crippen molar-refractivity contribution in [1.29, 1.82) is 0 Å². The van der Waals surface area contributed by atoms with Crippen molar-refractivity contribution in [3.63, 3.8) is 0 Å². The molecule has 4 nitrogen and oxygen atoms in total. The lowest BCUT2D eigenvalue weighted by atomic mass is 9.96. The topological polar surface area (TPSA) is 44.4 Å². The molecule has 0 bridgehead atoms. The number of piperidine rings is 1. The Labute approximate surface area is 123 Å². The molecule has 0 radical (unpaired) electrons. The Kier molecular flexibility index (Phi) is 5.85. The maximum absolute atomic E-state index is 12.1. The van der Waals surface area contributed by atoms with Crippen molar-refractivity contribution in [3.8, 4) is 0 Å². The van der Waals surface area contributed by atoms with Crippen LogP contribution in [0.3, 0.4) is 0 Å². The molecule has 1 amide bonds. The van der Waals surface area contributed by atoms with Gasteiger partial charge in [0.1, 0.15) is 0 Å². The predicted molar refractivity (Wildman–Crippen MR) is 82.6 cm³/mol. The van der Waals surface area contributed by atoms with Crippen molar-refractivity contribution < 1.29 is 4.79 Å². The lowest BCUT2D eigenvalue weighted by Crippen LogP contribution is -2.50. The molecule has 2 N–H and O–H groups in total. The first-order chi connectivity index (χ1) is 9.56. The van der Waals surface area contributed by atoms with Crippen LogP contribution in [0.25, 0.3) is 0 Å². The second kappa shape index (κ2) is 7.41. The zero-order chi connectivity index (χ0) is 14.5. The van der Waals surface area contributed by atoms with Crippen molar-refractivity contribution in [1.82, 2.24) is 15.5 Å². The first kappa shape index (κ1) is 15.8. The zero-order valence-corrected chi connectivity index (χ0v) is 13.3. The Balaban J connectivity index is 1.72. The number of carbonyl (C=O) groups excluding carboxylic acids is 1. The van der Waals surface area contributed by atoms with E-state index in [0.717, 1.165) is 26.2 Å². The van der Waals surface area contributed by atoms with Gasteiger partial charge in [-0.2, -0.15) is 0 Å². The van der Waals surface area contributed by atoms with Crippen molar-refractivity contribution in [2.75, 3.05) is 26.2 Å². The van der Waals surface area contributed by atoms with Gasteiger partial charge in [-0.3, -0.25) is 9.69 Å². The molecule has 0 spiro atoms. The summed E-state index contributed by atoms with van der Waals surface area (Å²) in [6.07, 6.45) is 4.84. The van der Waals surface area contributed by atoms with Crippen LogP contribution >= 0.6 is 0 Å². The van der Waals surface area contributed by atoms with Gasteiger partial charge in [-0.15, -0.1) is 0 Å². The molecule has 2 rings (SSSR count). The molecule has 1 heterocycles. The van der Waals surface area contributed by atoms with Crippen LogP contribution in [0, 0.1) is 11.8 Å². The molecule has 2 atom stereocenters. The van der Waals surface area contributed by atoms with Crippen molar-refractivity contribution in [2.45, 2.75) is 58.5 Å². The molecule has 1 saturated heterocycles. The van der Waals surface area contributed by atoms with Crippen LogP contribution in [0.15, 0.2) is 0 Å². The SMILES string of the molecule is CC(C)CNCC1CCCN(C(C)C(=O)NC2CC2)C1. The monoisotopic (exact) mass is 281 g/mol. The number of rotatable bonds is 7. The Hall–Kier alpha value is -0.610. The fourth-order valence-corrected chi connectivity index (χ4v) is 2.91. The summed E-state index contributed by atoms with van der Waals surface area (Å²) in [4.78, 5) is 14.5. The lowest BCUT2D eigenvalue weighted by molar-refractivity contribution is -0.126. The second-order valence-corrected chi connectivity index (χ2v) is 7.01. The minimum absolute atomic E-state index is 0.0310. The molecule has 0 aromatic carbocycles. The molecule has 4 heteroatoms. The molecule has 0 aromatic rings. The molecule has 1 saturated carbocycles. The minimum atomic E-state index is 0.0310. The average Bonchev–Trinajstić information content (AvgIpc) is 3.21. The summed E-state index contributed by atoms with van der Waals surface area (Å²) in [6.45, 7) is 10.8. The van der Waals surface area contributed by atoms with Gasteiger partial charge in [0.2, 0.25) is 5.91 Å². The smallest absolute Gasteiger partial charge is 0.237 e.